The average molecular weight is 222 g/mol. The van der Waals surface area contributed by atoms with Crippen LogP contribution in [0.1, 0.15) is 13.8 Å². The van der Waals surface area contributed by atoms with Crippen LogP contribution in [-0.2, 0) is 9.53 Å². The Bertz CT molecular complexity index is 354. The molecule has 0 aliphatic rings. The molecule has 0 radical (unpaired) electrons. The Balaban J connectivity index is 2.83. The van der Waals surface area contributed by atoms with Gasteiger partial charge in [0.2, 0.25) is 0 Å². The van der Waals surface area contributed by atoms with Crippen LogP contribution in [0.2, 0.25) is 0 Å². The number of nitrogens with zero attached hydrogens (tertiary/aromatic N) is 2. The highest BCUT2D eigenvalue weighted by Crippen LogP contribution is 2.17. The first kappa shape index (κ1) is 12.2. The highest BCUT2D eigenvalue weighted by molar-refractivity contribution is 5.79. The van der Waals surface area contributed by atoms with E-state index in [4.69, 9.17) is 4.74 Å². The number of ether oxygens (including phenoxy) is 1. The van der Waals surface area contributed by atoms with Crippen LogP contribution in [0, 0.1) is 4.91 Å². The molecule has 0 aliphatic heterocycles. The predicted molar refractivity (Wildman–Crippen MR) is 60.8 cm³/mol. The molecule has 0 aliphatic carbocycles. The lowest BCUT2D eigenvalue weighted by atomic mass is 10.2. The molecule has 0 spiro atoms. The Morgan fingerprint density at radius 1 is 1.44 bits per heavy atom. The second-order valence-electron chi connectivity index (χ2n) is 3.19. The quantitative estimate of drug-likeness (QED) is 0.435. The minimum Gasteiger partial charge on any atom is -0.464 e. The van der Waals surface area contributed by atoms with Gasteiger partial charge in [0.05, 0.1) is 17.6 Å². The Labute approximate surface area is 94.0 Å². The zero-order chi connectivity index (χ0) is 12.0. The molecule has 1 rings (SSSR count). The SMILES string of the molecule is CCOC(=O)C(C)N(N=O)c1ccccc1. The van der Waals surface area contributed by atoms with E-state index < -0.39 is 12.0 Å². The van der Waals surface area contributed by atoms with Gasteiger partial charge in [0, 0.05) is 0 Å². The summed E-state index contributed by atoms with van der Waals surface area (Å²) in [5.74, 6) is -0.467. The Hall–Kier alpha value is -1.91. The molecule has 0 bridgehead atoms. The largest absolute Gasteiger partial charge is 0.464 e. The van der Waals surface area contributed by atoms with Crippen LogP contribution in [0.3, 0.4) is 0 Å². The molecule has 0 fully saturated rings. The Kier molecular flexibility index (Phi) is 4.44. The number of carbonyl (C=O) groups excluding carboxylic acids is 1. The molecular formula is C11H14N2O3. The summed E-state index contributed by atoms with van der Waals surface area (Å²) in [7, 11) is 0. The van der Waals surface area contributed by atoms with E-state index in [0.717, 1.165) is 5.01 Å². The zero-order valence-electron chi connectivity index (χ0n) is 9.29. The summed E-state index contributed by atoms with van der Waals surface area (Å²) in [6, 6.07) is 8.05. The van der Waals surface area contributed by atoms with E-state index in [9.17, 15) is 9.70 Å². The Morgan fingerprint density at radius 2 is 2.06 bits per heavy atom. The van der Waals surface area contributed by atoms with Crippen LogP contribution in [0.5, 0.6) is 0 Å². The van der Waals surface area contributed by atoms with E-state index in [-0.39, 0.29) is 6.61 Å². The molecule has 1 aromatic carbocycles. The maximum Gasteiger partial charge on any atom is 0.330 e. The first-order chi connectivity index (χ1) is 7.70. The van der Waals surface area contributed by atoms with Gasteiger partial charge in [-0.1, -0.05) is 18.2 Å². The van der Waals surface area contributed by atoms with Gasteiger partial charge < -0.3 is 4.74 Å². The van der Waals surface area contributed by atoms with Crippen molar-refractivity contribution >= 4 is 11.7 Å². The van der Waals surface area contributed by atoms with Gasteiger partial charge in [-0.15, -0.1) is 4.91 Å². The highest BCUT2D eigenvalue weighted by Gasteiger charge is 2.23. The minimum atomic E-state index is -0.722. The number of esters is 1. The van der Waals surface area contributed by atoms with Gasteiger partial charge >= 0.3 is 5.97 Å². The van der Waals surface area contributed by atoms with E-state index in [2.05, 4.69) is 5.29 Å². The number of benzene rings is 1. The van der Waals surface area contributed by atoms with Gasteiger partial charge in [0.25, 0.3) is 0 Å². The molecule has 5 heteroatoms. The smallest absolute Gasteiger partial charge is 0.330 e. The van der Waals surface area contributed by atoms with Gasteiger partial charge in [-0.05, 0) is 26.0 Å². The van der Waals surface area contributed by atoms with Crippen molar-refractivity contribution in [2.75, 3.05) is 11.6 Å². The van der Waals surface area contributed by atoms with E-state index in [1.165, 1.54) is 0 Å². The van der Waals surface area contributed by atoms with Crippen molar-refractivity contribution in [1.29, 1.82) is 0 Å². The molecule has 1 atom stereocenters. The molecule has 0 saturated heterocycles. The monoisotopic (exact) mass is 222 g/mol. The summed E-state index contributed by atoms with van der Waals surface area (Å²) in [5, 5.41) is 3.94. The lowest BCUT2D eigenvalue weighted by Crippen LogP contribution is -2.36. The molecule has 0 N–H and O–H groups in total. The minimum absolute atomic E-state index is 0.282. The first-order valence-corrected chi connectivity index (χ1v) is 5.05. The highest BCUT2D eigenvalue weighted by atomic mass is 16.5. The van der Waals surface area contributed by atoms with E-state index in [1.54, 1.807) is 38.1 Å². The summed E-state index contributed by atoms with van der Waals surface area (Å²) in [6.07, 6.45) is 0. The van der Waals surface area contributed by atoms with Crippen molar-refractivity contribution in [1.82, 2.24) is 0 Å². The van der Waals surface area contributed by atoms with Crippen molar-refractivity contribution in [3.05, 3.63) is 35.2 Å². The second-order valence-corrected chi connectivity index (χ2v) is 3.19. The lowest BCUT2D eigenvalue weighted by molar-refractivity contribution is -0.144. The maximum atomic E-state index is 11.5. The van der Waals surface area contributed by atoms with Gasteiger partial charge in [-0.2, -0.15) is 0 Å². The second kappa shape index (κ2) is 5.85. The first-order valence-electron chi connectivity index (χ1n) is 5.05. The fraction of sp³-hybridized carbons (Fsp3) is 0.364. The summed E-state index contributed by atoms with van der Waals surface area (Å²) in [5.41, 5.74) is 0.568. The summed E-state index contributed by atoms with van der Waals surface area (Å²) < 4.78 is 4.83. The van der Waals surface area contributed by atoms with Crippen LogP contribution in [0.4, 0.5) is 5.69 Å². The molecule has 0 heterocycles. The third-order valence-corrected chi connectivity index (χ3v) is 2.10. The van der Waals surface area contributed by atoms with Crippen LogP contribution in [0.15, 0.2) is 35.6 Å². The molecule has 86 valence electrons. The van der Waals surface area contributed by atoms with Crippen LogP contribution >= 0.6 is 0 Å². The maximum absolute atomic E-state index is 11.5. The molecule has 5 nitrogen and oxygen atoms in total. The number of rotatable bonds is 5. The third kappa shape index (κ3) is 2.79. The average Bonchev–Trinajstić information content (AvgIpc) is 2.31. The van der Waals surface area contributed by atoms with Crippen molar-refractivity contribution < 1.29 is 9.53 Å². The standard InChI is InChI=1S/C11H14N2O3/c1-3-16-11(14)9(2)13(12-15)10-7-5-4-6-8-10/h4-9H,3H2,1-2H3. The fourth-order valence-corrected chi connectivity index (χ4v) is 1.28. The molecule has 0 aromatic heterocycles. The normalized spacial score (nSPS) is 11.6. The van der Waals surface area contributed by atoms with Gasteiger partial charge in [-0.25, -0.2) is 9.80 Å². The molecule has 1 unspecified atom stereocenters. The van der Waals surface area contributed by atoms with Crippen molar-refractivity contribution in [2.45, 2.75) is 19.9 Å². The van der Waals surface area contributed by atoms with Crippen molar-refractivity contribution in [3.63, 3.8) is 0 Å². The number of anilines is 1. The fourth-order valence-electron chi connectivity index (χ4n) is 1.28. The summed E-state index contributed by atoms with van der Waals surface area (Å²) >= 11 is 0. The van der Waals surface area contributed by atoms with E-state index in [0.29, 0.717) is 5.69 Å². The summed E-state index contributed by atoms with van der Waals surface area (Å²) in [4.78, 5) is 22.2. The van der Waals surface area contributed by atoms with Crippen LogP contribution in [0.25, 0.3) is 0 Å². The number of nitroso groups, excluding NO2 is 1. The van der Waals surface area contributed by atoms with E-state index >= 15 is 0 Å². The van der Waals surface area contributed by atoms with Crippen molar-refractivity contribution in [2.24, 2.45) is 5.29 Å². The molecule has 1 aromatic rings. The summed E-state index contributed by atoms with van der Waals surface area (Å²) in [6.45, 7) is 3.57. The molecule has 0 amide bonds. The third-order valence-electron chi connectivity index (χ3n) is 2.10. The topological polar surface area (TPSA) is 59.0 Å². The van der Waals surface area contributed by atoms with E-state index in [1.807, 2.05) is 6.07 Å². The Morgan fingerprint density at radius 3 is 2.56 bits per heavy atom. The van der Waals surface area contributed by atoms with Gasteiger partial charge in [-0.3, -0.25) is 0 Å². The number of hydrogen-bond acceptors (Lipinski definition) is 4. The predicted octanol–water partition coefficient (Wildman–Crippen LogP) is 2.13. The molecule has 16 heavy (non-hydrogen) atoms. The molecular weight excluding hydrogens is 208 g/mol. The van der Waals surface area contributed by atoms with Gasteiger partial charge in [0.1, 0.15) is 0 Å². The number of para-hydroxylation sites is 1. The lowest BCUT2D eigenvalue weighted by Gasteiger charge is -2.20. The molecule has 0 saturated carbocycles. The van der Waals surface area contributed by atoms with Crippen molar-refractivity contribution in [3.8, 4) is 0 Å². The van der Waals surface area contributed by atoms with Crippen LogP contribution < -0.4 is 5.01 Å². The number of hydrogen-bond donors (Lipinski definition) is 0. The zero-order valence-corrected chi connectivity index (χ0v) is 9.29. The van der Waals surface area contributed by atoms with Crippen LogP contribution in [-0.4, -0.2) is 18.6 Å². The van der Waals surface area contributed by atoms with Gasteiger partial charge in [0.15, 0.2) is 6.04 Å². The number of carbonyl (C=O) groups is 1.